The minimum Gasteiger partial charge on any atom is -0.478 e. The molecule has 0 unspecified atom stereocenters. The van der Waals surface area contributed by atoms with Gasteiger partial charge in [-0.05, 0) is 131 Å². The molecule has 4 aromatic carbocycles. The molecule has 16 heteroatoms. The number of anilines is 5. The smallest absolute Gasteiger partial charge is 0.335 e. The summed E-state index contributed by atoms with van der Waals surface area (Å²) in [5.41, 5.74) is 11.4. The van der Waals surface area contributed by atoms with E-state index < -0.39 is 11.9 Å². The van der Waals surface area contributed by atoms with Gasteiger partial charge in [-0.2, -0.15) is 15.0 Å². The number of carboxylic acid groups (broad SMARTS) is 2. The van der Waals surface area contributed by atoms with Gasteiger partial charge in [-0.1, -0.05) is 64.6 Å². The summed E-state index contributed by atoms with van der Waals surface area (Å²) in [4.78, 5) is 40.7. The quantitative estimate of drug-likeness (QED) is 0.105. The second-order valence-corrected chi connectivity index (χ2v) is 17.5. The fraction of sp³-hybridized carbons (Fsp3) is 0.170. The Morgan fingerprint density at radius 1 is 0.762 bits per heavy atom. The second-order valence-electron chi connectivity index (χ2n) is 15.5. The lowest BCUT2D eigenvalue weighted by molar-refractivity contribution is 0.0686. The van der Waals surface area contributed by atoms with Crippen LogP contribution in [0.5, 0.6) is 0 Å². The molecule has 8 aromatic rings. The predicted molar refractivity (Wildman–Crippen MR) is 249 cm³/mol. The number of benzene rings is 4. The number of nitriles is 1. The lowest BCUT2D eigenvalue weighted by atomic mass is 10.0. The van der Waals surface area contributed by atoms with Gasteiger partial charge in [-0.15, -0.1) is 10.2 Å². The second kappa shape index (κ2) is 16.3. The SMILES string of the molecule is C=C(C)c1nn(-c2nc3ccc(C(=O)O)cc3s2)c(N=Nc2c(C)cc(N(c3nc4ccc(C(=O)O)cc4s3)c3c(C)cc(C)cc3C)nc2Nc2c(C)cc(C)cc2C)c1C#N. The summed E-state index contributed by atoms with van der Waals surface area (Å²) in [7, 11) is 0. The summed E-state index contributed by atoms with van der Waals surface area (Å²) in [6.45, 7) is 19.9. The van der Waals surface area contributed by atoms with Gasteiger partial charge in [0.05, 0.1) is 37.2 Å². The van der Waals surface area contributed by atoms with Crippen LogP contribution in [0.1, 0.15) is 77.8 Å². The molecule has 0 aliphatic rings. The summed E-state index contributed by atoms with van der Waals surface area (Å²) < 4.78 is 2.75. The number of hydrogen-bond donors (Lipinski definition) is 3. The number of fused-ring (bicyclic) bond motifs is 2. The van der Waals surface area contributed by atoms with Gasteiger partial charge in [0.25, 0.3) is 0 Å². The van der Waals surface area contributed by atoms with E-state index in [2.05, 4.69) is 42.2 Å². The Kier molecular flexibility index (Phi) is 10.9. The Hall–Kier alpha value is -7.61. The lowest BCUT2D eigenvalue weighted by Crippen LogP contribution is -2.15. The van der Waals surface area contributed by atoms with Crippen LogP contribution in [-0.4, -0.2) is 46.9 Å². The van der Waals surface area contributed by atoms with Crippen LogP contribution in [0.15, 0.2) is 83.5 Å². The largest absolute Gasteiger partial charge is 0.478 e. The van der Waals surface area contributed by atoms with Crippen LogP contribution in [0.3, 0.4) is 0 Å². The molecule has 0 bridgehead atoms. The predicted octanol–water partition coefficient (Wildman–Crippen LogP) is 12.6. The van der Waals surface area contributed by atoms with Crippen LogP contribution in [-0.2, 0) is 0 Å². The molecule has 0 fully saturated rings. The highest BCUT2D eigenvalue weighted by Gasteiger charge is 2.27. The molecule has 0 saturated heterocycles. The van der Waals surface area contributed by atoms with Crippen molar-refractivity contribution in [3.05, 3.63) is 135 Å². The summed E-state index contributed by atoms with van der Waals surface area (Å²) >= 11 is 2.56. The van der Waals surface area contributed by atoms with Gasteiger partial charge >= 0.3 is 11.9 Å². The highest BCUT2D eigenvalue weighted by Crippen LogP contribution is 2.45. The van der Waals surface area contributed by atoms with E-state index in [0.717, 1.165) is 44.8 Å². The zero-order valence-electron chi connectivity index (χ0n) is 35.6. The maximum absolute atomic E-state index is 11.9. The topological polar surface area (TPSA) is 195 Å². The van der Waals surface area contributed by atoms with Crippen LogP contribution in [0, 0.1) is 59.8 Å². The van der Waals surface area contributed by atoms with Crippen molar-refractivity contribution in [3.8, 4) is 11.2 Å². The Bertz CT molecular complexity index is 3270. The molecule has 4 heterocycles. The Balaban J connectivity index is 1.35. The zero-order valence-corrected chi connectivity index (χ0v) is 37.2. The van der Waals surface area contributed by atoms with Crippen molar-refractivity contribution in [2.24, 2.45) is 10.2 Å². The normalized spacial score (nSPS) is 11.4. The number of azo groups is 1. The first-order valence-electron chi connectivity index (χ1n) is 19.6. The van der Waals surface area contributed by atoms with Crippen molar-refractivity contribution >= 4 is 100 Å². The van der Waals surface area contributed by atoms with E-state index >= 15 is 0 Å². The number of nitrogens with one attached hydrogen (secondary N) is 1. The molecule has 3 N–H and O–H groups in total. The van der Waals surface area contributed by atoms with Gasteiger partial charge in [-0.25, -0.2) is 24.5 Å². The Morgan fingerprint density at radius 3 is 1.90 bits per heavy atom. The van der Waals surface area contributed by atoms with Crippen molar-refractivity contribution in [1.82, 2.24) is 24.7 Å². The molecule has 0 radical (unpaired) electrons. The standard InChI is InChI=1S/C47H40N10O4S2/c1-22(2)38-32(21-48)43(57(55-38)47-50-34-13-11-31(45(60)61)20-36(34)63-47)54-53-40-27(7)18-37(51-42(40)52-39-25(5)14-23(3)15-26(39)6)56(41-28(8)16-24(4)17-29(41)9)46-49-33-12-10-30(44(58)59)19-35(33)62-46/h10-20H,1H2,2-9H3,(H,51,52)(H,58,59)(H,60,61). The van der Waals surface area contributed by atoms with Gasteiger partial charge in [0.2, 0.25) is 5.13 Å². The summed E-state index contributed by atoms with van der Waals surface area (Å²) in [5, 5.41) is 48.7. The number of carbonyl (C=O) groups is 2. The number of nitrogens with zero attached hydrogens (tertiary/aromatic N) is 9. The number of rotatable bonds is 11. The Labute approximate surface area is 370 Å². The summed E-state index contributed by atoms with van der Waals surface area (Å²) in [6.07, 6.45) is 0. The zero-order chi connectivity index (χ0) is 45.0. The van der Waals surface area contributed by atoms with E-state index in [0.29, 0.717) is 64.8 Å². The first kappa shape index (κ1) is 42.1. The van der Waals surface area contributed by atoms with Gasteiger partial charge in [0.15, 0.2) is 16.8 Å². The molecule has 0 aliphatic heterocycles. The van der Waals surface area contributed by atoms with Crippen LogP contribution in [0.4, 0.5) is 39.6 Å². The fourth-order valence-corrected chi connectivity index (χ4v) is 9.70. The number of aryl methyl sites for hydroxylation is 7. The Morgan fingerprint density at radius 2 is 1.33 bits per heavy atom. The molecule has 0 spiro atoms. The van der Waals surface area contributed by atoms with E-state index in [4.69, 9.17) is 30.3 Å². The van der Waals surface area contributed by atoms with Crippen LogP contribution in [0.25, 0.3) is 31.1 Å². The molecule has 4 aromatic heterocycles. The van der Waals surface area contributed by atoms with Crippen molar-refractivity contribution < 1.29 is 19.8 Å². The van der Waals surface area contributed by atoms with Crippen LogP contribution < -0.4 is 10.2 Å². The van der Waals surface area contributed by atoms with Crippen molar-refractivity contribution in [3.63, 3.8) is 0 Å². The average Bonchev–Trinajstić information content (AvgIpc) is 3.94. The molecule has 0 aliphatic carbocycles. The first-order valence-corrected chi connectivity index (χ1v) is 21.3. The minimum absolute atomic E-state index is 0.105. The maximum atomic E-state index is 11.9. The van der Waals surface area contributed by atoms with Crippen molar-refractivity contribution in [2.45, 2.75) is 55.4 Å². The van der Waals surface area contributed by atoms with Crippen molar-refractivity contribution in [1.29, 1.82) is 5.26 Å². The van der Waals surface area contributed by atoms with Crippen molar-refractivity contribution in [2.75, 3.05) is 10.2 Å². The van der Waals surface area contributed by atoms with E-state index in [-0.39, 0.29) is 22.5 Å². The maximum Gasteiger partial charge on any atom is 0.335 e. The van der Waals surface area contributed by atoms with E-state index in [1.807, 2.05) is 59.4 Å². The number of hydrogen-bond acceptors (Lipinski definition) is 13. The van der Waals surface area contributed by atoms with E-state index in [9.17, 15) is 25.1 Å². The molecule has 8 rings (SSSR count). The van der Waals surface area contributed by atoms with Gasteiger partial charge < -0.3 is 15.5 Å². The number of thiazole rings is 2. The first-order chi connectivity index (χ1) is 30.0. The molecule has 0 amide bonds. The molecule has 0 saturated carbocycles. The third kappa shape index (κ3) is 7.91. The highest BCUT2D eigenvalue weighted by molar-refractivity contribution is 7.22. The average molecular weight is 873 g/mol. The fourth-order valence-electron chi connectivity index (χ4n) is 7.72. The highest BCUT2D eigenvalue weighted by atomic mass is 32.1. The third-order valence-corrected chi connectivity index (χ3v) is 12.4. The number of aromatic nitrogens is 5. The summed E-state index contributed by atoms with van der Waals surface area (Å²) in [5.74, 6) is -1.09. The molecule has 0 atom stereocenters. The van der Waals surface area contributed by atoms with Gasteiger partial charge in [-0.3, -0.25) is 4.90 Å². The molecule has 314 valence electrons. The van der Waals surface area contributed by atoms with E-state index in [1.54, 1.807) is 37.3 Å². The molecular weight excluding hydrogens is 833 g/mol. The summed E-state index contributed by atoms with van der Waals surface area (Å²) in [6, 6.07) is 22.1. The molecule has 14 nitrogen and oxygen atoms in total. The number of carboxylic acids is 2. The van der Waals surface area contributed by atoms with Gasteiger partial charge in [0.1, 0.15) is 28.8 Å². The lowest BCUT2D eigenvalue weighted by Gasteiger charge is -2.27. The molecule has 63 heavy (non-hydrogen) atoms. The number of allylic oxidation sites excluding steroid dienone is 1. The van der Waals surface area contributed by atoms with Crippen LogP contribution in [0.2, 0.25) is 0 Å². The number of pyridine rings is 1. The third-order valence-electron chi connectivity index (χ3n) is 10.4. The number of aromatic carboxylic acids is 2. The monoisotopic (exact) mass is 872 g/mol. The minimum atomic E-state index is -1.06. The van der Waals surface area contributed by atoms with Gasteiger partial charge in [0, 0.05) is 5.69 Å². The van der Waals surface area contributed by atoms with Crippen LogP contribution >= 0.6 is 22.7 Å². The van der Waals surface area contributed by atoms with E-state index in [1.165, 1.54) is 33.4 Å². The molecular formula is C47H40N10O4S2.